The highest BCUT2D eigenvalue weighted by Crippen LogP contribution is 2.22. The van der Waals surface area contributed by atoms with Gasteiger partial charge >= 0.3 is 12.1 Å². The van der Waals surface area contributed by atoms with Gasteiger partial charge in [0.05, 0.1) is 13.7 Å². The third kappa shape index (κ3) is 6.09. The molecule has 20 heavy (non-hydrogen) atoms. The van der Waals surface area contributed by atoms with E-state index >= 15 is 0 Å². The average molecular weight is 298 g/mol. The highest BCUT2D eigenvalue weighted by Gasteiger charge is 2.38. The van der Waals surface area contributed by atoms with Crippen LogP contribution in [0, 0.1) is 0 Å². The molecule has 0 aromatic heterocycles. The van der Waals surface area contributed by atoms with E-state index in [9.17, 15) is 18.0 Å². The topological polar surface area (TPSA) is 41.6 Å². The second kappa shape index (κ2) is 7.83. The van der Waals surface area contributed by atoms with Gasteiger partial charge in [0.2, 0.25) is 0 Å². The molecule has 0 aromatic rings. The Kier molecular flexibility index (Phi) is 7.51. The lowest BCUT2D eigenvalue weighted by Crippen LogP contribution is -2.53. The van der Waals surface area contributed by atoms with Crippen molar-refractivity contribution in [3.8, 4) is 0 Å². The lowest BCUT2D eigenvalue weighted by molar-refractivity contribution is -0.154. The molecular weight excluding hydrogens is 273 g/mol. The predicted molar refractivity (Wildman–Crippen MR) is 71.5 cm³/mol. The third-order valence-corrected chi connectivity index (χ3v) is 3.41. The van der Waals surface area contributed by atoms with Crippen LogP contribution in [0.4, 0.5) is 13.2 Å². The van der Waals surface area contributed by atoms with Crippen LogP contribution in [0.3, 0.4) is 0 Å². The van der Waals surface area contributed by atoms with Crippen molar-refractivity contribution in [3.05, 3.63) is 0 Å². The molecule has 0 saturated heterocycles. The van der Waals surface area contributed by atoms with Crippen LogP contribution < -0.4 is 5.32 Å². The van der Waals surface area contributed by atoms with E-state index in [0.717, 1.165) is 0 Å². The lowest BCUT2D eigenvalue weighted by Gasteiger charge is -2.35. The number of esters is 1. The molecule has 0 amide bonds. The van der Waals surface area contributed by atoms with Crippen LogP contribution in [0.15, 0.2) is 0 Å². The molecule has 0 spiro atoms. The summed E-state index contributed by atoms with van der Waals surface area (Å²) >= 11 is 0. The van der Waals surface area contributed by atoms with Gasteiger partial charge in [0.25, 0.3) is 0 Å². The highest BCUT2D eigenvalue weighted by molar-refractivity contribution is 5.80. The Labute approximate surface area is 118 Å². The average Bonchev–Trinajstić information content (AvgIpc) is 2.35. The summed E-state index contributed by atoms with van der Waals surface area (Å²) in [5, 5.41) is 2.84. The second-order valence-corrected chi connectivity index (χ2v) is 5.21. The number of rotatable bonds is 8. The zero-order valence-electron chi connectivity index (χ0n) is 12.8. The van der Waals surface area contributed by atoms with Gasteiger partial charge in [0.15, 0.2) is 0 Å². The van der Waals surface area contributed by atoms with E-state index in [1.54, 1.807) is 20.9 Å². The van der Waals surface area contributed by atoms with Crippen LogP contribution in [0.1, 0.15) is 33.6 Å². The summed E-state index contributed by atoms with van der Waals surface area (Å²) in [7, 11) is 2.86. The Morgan fingerprint density at radius 3 is 2.30 bits per heavy atom. The molecule has 0 aliphatic rings. The molecule has 0 aromatic carbocycles. The number of carbonyl (C=O) groups is 1. The molecule has 120 valence electrons. The number of hydrogen-bond acceptors (Lipinski definition) is 4. The first kappa shape index (κ1) is 19.2. The maximum atomic E-state index is 12.6. The Balaban J connectivity index is 4.89. The van der Waals surface area contributed by atoms with E-state index in [0.29, 0.717) is 13.0 Å². The van der Waals surface area contributed by atoms with Gasteiger partial charge in [-0.2, -0.15) is 13.2 Å². The fraction of sp³-hybridized carbons (Fsp3) is 0.923. The van der Waals surface area contributed by atoms with Crippen LogP contribution in [-0.2, 0) is 9.53 Å². The first-order chi connectivity index (χ1) is 9.09. The number of alkyl halides is 3. The van der Waals surface area contributed by atoms with Crippen molar-refractivity contribution in [2.45, 2.75) is 51.4 Å². The number of halogens is 3. The van der Waals surface area contributed by atoms with E-state index in [1.165, 1.54) is 12.0 Å². The second-order valence-electron chi connectivity index (χ2n) is 5.21. The number of nitrogens with zero attached hydrogens (tertiary/aromatic N) is 1. The minimum Gasteiger partial charge on any atom is -0.468 e. The molecule has 0 bridgehead atoms. The van der Waals surface area contributed by atoms with Crippen LogP contribution in [0.25, 0.3) is 0 Å². The Hall–Kier alpha value is -0.820. The fourth-order valence-corrected chi connectivity index (χ4v) is 2.21. The van der Waals surface area contributed by atoms with Gasteiger partial charge in [-0.15, -0.1) is 0 Å². The number of hydrogen-bond donors (Lipinski definition) is 1. The molecule has 0 saturated carbocycles. The zero-order chi connectivity index (χ0) is 16.0. The predicted octanol–water partition coefficient (Wildman–Crippen LogP) is 2.19. The van der Waals surface area contributed by atoms with E-state index in [2.05, 4.69) is 5.32 Å². The molecule has 0 aliphatic carbocycles. The largest absolute Gasteiger partial charge is 0.468 e. The van der Waals surface area contributed by atoms with Gasteiger partial charge in [-0.1, -0.05) is 6.92 Å². The summed E-state index contributed by atoms with van der Waals surface area (Å²) in [4.78, 5) is 13.1. The van der Waals surface area contributed by atoms with E-state index in [4.69, 9.17) is 4.74 Å². The minimum atomic E-state index is -4.25. The molecule has 2 unspecified atom stereocenters. The number of likely N-dealkylation sites (N-methyl/N-ethyl adjacent to an activating group) is 1. The molecule has 0 radical (unpaired) electrons. The molecule has 0 aliphatic heterocycles. The molecule has 2 atom stereocenters. The lowest BCUT2D eigenvalue weighted by atomic mass is 9.93. The first-order valence-corrected chi connectivity index (χ1v) is 6.67. The number of ether oxygens (including phenoxy) is 1. The monoisotopic (exact) mass is 298 g/mol. The van der Waals surface area contributed by atoms with Crippen molar-refractivity contribution in [3.63, 3.8) is 0 Å². The standard InChI is InChI=1S/C13H25F3N2O2/c1-6-7-18(9-13(14,15)16)10(2)8-12(3,17-4)11(19)20-5/h10,17H,6-9H2,1-5H3. The molecule has 7 heteroatoms. The van der Waals surface area contributed by atoms with Crippen LogP contribution >= 0.6 is 0 Å². The molecule has 0 fully saturated rings. The summed E-state index contributed by atoms with van der Waals surface area (Å²) < 4.78 is 42.4. The van der Waals surface area contributed by atoms with Gasteiger partial charge < -0.3 is 10.1 Å². The highest BCUT2D eigenvalue weighted by atomic mass is 19.4. The Morgan fingerprint density at radius 1 is 1.40 bits per heavy atom. The summed E-state index contributed by atoms with van der Waals surface area (Å²) in [5.41, 5.74) is -0.994. The van der Waals surface area contributed by atoms with Crippen molar-refractivity contribution in [1.29, 1.82) is 0 Å². The van der Waals surface area contributed by atoms with Gasteiger partial charge in [-0.05, 0) is 40.3 Å². The smallest absolute Gasteiger partial charge is 0.401 e. The number of methoxy groups -OCH3 is 1. The number of nitrogens with one attached hydrogen (secondary N) is 1. The van der Waals surface area contributed by atoms with Gasteiger partial charge in [0, 0.05) is 6.04 Å². The fourth-order valence-electron chi connectivity index (χ4n) is 2.21. The van der Waals surface area contributed by atoms with Gasteiger partial charge in [-0.25, -0.2) is 0 Å². The first-order valence-electron chi connectivity index (χ1n) is 6.67. The molecule has 1 N–H and O–H groups in total. The van der Waals surface area contributed by atoms with E-state index in [1.807, 2.05) is 6.92 Å². The summed E-state index contributed by atoms with van der Waals surface area (Å²) in [6.45, 7) is 4.52. The summed E-state index contributed by atoms with van der Waals surface area (Å²) in [6, 6.07) is -0.395. The number of carbonyl (C=O) groups excluding carboxylic acids is 1. The van der Waals surface area contributed by atoms with E-state index in [-0.39, 0.29) is 6.42 Å². The van der Waals surface area contributed by atoms with Crippen molar-refractivity contribution >= 4 is 5.97 Å². The van der Waals surface area contributed by atoms with Crippen molar-refractivity contribution in [2.24, 2.45) is 0 Å². The Morgan fingerprint density at radius 2 is 1.95 bits per heavy atom. The van der Waals surface area contributed by atoms with Crippen LogP contribution in [0.5, 0.6) is 0 Å². The Bertz CT molecular complexity index is 310. The van der Waals surface area contributed by atoms with Crippen LogP contribution in [-0.4, -0.2) is 55.9 Å². The normalized spacial score (nSPS) is 16.9. The van der Waals surface area contributed by atoms with Crippen LogP contribution in [0.2, 0.25) is 0 Å². The SMILES string of the molecule is CCCN(CC(F)(F)F)C(C)CC(C)(NC)C(=O)OC. The summed E-state index contributed by atoms with van der Waals surface area (Å²) in [6.07, 6.45) is -3.38. The van der Waals surface area contributed by atoms with Gasteiger partial charge in [-0.3, -0.25) is 9.69 Å². The zero-order valence-corrected chi connectivity index (χ0v) is 12.8. The van der Waals surface area contributed by atoms with Crippen molar-refractivity contribution in [1.82, 2.24) is 10.2 Å². The van der Waals surface area contributed by atoms with Crippen molar-refractivity contribution < 1.29 is 22.7 Å². The molecule has 0 rings (SSSR count). The van der Waals surface area contributed by atoms with Crippen molar-refractivity contribution in [2.75, 3.05) is 27.2 Å². The quantitative estimate of drug-likeness (QED) is 0.698. The molecular formula is C13H25F3N2O2. The van der Waals surface area contributed by atoms with E-state index < -0.39 is 30.3 Å². The minimum absolute atomic E-state index is 0.242. The van der Waals surface area contributed by atoms with Gasteiger partial charge in [0.1, 0.15) is 5.54 Å². The maximum absolute atomic E-state index is 12.6. The molecule has 0 heterocycles. The molecule has 4 nitrogen and oxygen atoms in total. The summed E-state index contributed by atoms with van der Waals surface area (Å²) in [5.74, 6) is -0.477. The third-order valence-electron chi connectivity index (χ3n) is 3.41. The maximum Gasteiger partial charge on any atom is 0.401 e.